The van der Waals surface area contributed by atoms with Crippen LogP contribution in [0.25, 0.3) is 21.6 Å². The van der Waals surface area contributed by atoms with Crippen molar-refractivity contribution in [3.63, 3.8) is 0 Å². The van der Waals surface area contributed by atoms with Gasteiger partial charge in [0.15, 0.2) is 5.82 Å². The largest absolute Gasteiger partial charge is 0.357 e. The summed E-state index contributed by atoms with van der Waals surface area (Å²) in [5, 5.41) is 10.3. The molecule has 0 amide bonds. The van der Waals surface area contributed by atoms with Gasteiger partial charge in [-0.2, -0.15) is 5.26 Å². The lowest BCUT2D eigenvalue weighted by Crippen LogP contribution is -2.23. The van der Waals surface area contributed by atoms with Crippen LogP contribution < -0.4 is 4.90 Å². The topological polar surface area (TPSA) is 65.7 Å². The zero-order valence-corrected chi connectivity index (χ0v) is 14.2. The van der Waals surface area contributed by atoms with Crippen LogP contribution in [-0.4, -0.2) is 28.0 Å². The summed E-state index contributed by atoms with van der Waals surface area (Å²) < 4.78 is 0. The molecule has 0 spiro atoms. The van der Waals surface area contributed by atoms with Gasteiger partial charge in [0, 0.05) is 31.0 Å². The maximum absolute atomic E-state index is 9.34. The summed E-state index contributed by atoms with van der Waals surface area (Å²) in [6.45, 7) is 7.90. The number of aryl methyl sites for hydroxylation is 1. The van der Waals surface area contributed by atoms with Crippen molar-refractivity contribution in [1.29, 1.82) is 5.26 Å². The second kappa shape index (κ2) is 6.31. The molecule has 0 fully saturated rings. The van der Waals surface area contributed by atoms with E-state index in [0.717, 1.165) is 40.3 Å². The maximum atomic E-state index is 9.34. The smallest absolute Gasteiger partial charge is 0.163 e. The van der Waals surface area contributed by atoms with E-state index in [2.05, 4.69) is 34.8 Å². The lowest BCUT2D eigenvalue weighted by atomic mass is 10.2. The highest BCUT2D eigenvalue weighted by molar-refractivity contribution is 7.19. The molecule has 0 saturated heterocycles. The van der Waals surface area contributed by atoms with E-state index in [0.29, 0.717) is 10.7 Å². The van der Waals surface area contributed by atoms with Gasteiger partial charge in [-0.1, -0.05) is 0 Å². The molecule has 0 bridgehead atoms. The van der Waals surface area contributed by atoms with E-state index in [1.807, 2.05) is 19.1 Å². The van der Waals surface area contributed by atoms with Gasteiger partial charge in [0.05, 0.1) is 5.39 Å². The molecule has 6 heteroatoms. The first-order chi connectivity index (χ1) is 11.2. The fourth-order valence-electron chi connectivity index (χ4n) is 2.61. The number of fused-ring (bicyclic) bond motifs is 1. The van der Waals surface area contributed by atoms with Crippen LogP contribution in [0.2, 0.25) is 0 Å². The molecule has 5 nitrogen and oxygen atoms in total. The highest BCUT2D eigenvalue weighted by Crippen LogP contribution is 2.36. The van der Waals surface area contributed by atoms with Crippen LogP contribution in [0.1, 0.15) is 24.3 Å². The zero-order chi connectivity index (χ0) is 16.4. The van der Waals surface area contributed by atoms with Gasteiger partial charge < -0.3 is 4.90 Å². The average molecular weight is 323 g/mol. The number of nitrogens with zero attached hydrogens (tertiary/aromatic N) is 5. The van der Waals surface area contributed by atoms with Crippen molar-refractivity contribution in [2.24, 2.45) is 0 Å². The molecular formula is C17H17N5S. The van der Waals surface area contributed by atoms with E-state index in [1.165, 1.54) is 11.3 Å². The number of hydrogen-bond acceptors (Lipinski definition) is 6. The number of rotatable bonds is 4. The Hall–Kier alpha value is -2.52. The van der Waals surface area contributed by atoms with Crippen molar-refractivity contribution in [2.75, 3.05) is 18.0 Å². The minimum Gasteiger partial charge on any atom is -0.357 e. The summed E-state index contributed by atoms with van der Waals surface area (Å²) in [4.78, 5) is 17.3. The Morgan fingerprint density at radius 1 is 1.17 bits per heavy atom. The van der Waals surface area contributed by atoms with Crippen LogP contribution in [-0.2, 0) is 0 Å². The second-order valence-electron chi connectivity index (χ2n) is 5.13. The first-order valence-corrected chi connectivity index (χ1v) is 8.37. The van der Waals surface area contributed by atoms with Gasteiger partial charge in [-0.3, -0.25) is 4.98 Å². The number of nitriles is 1. The summed E-state index contributed by atoms with van der Waals surface area (Å²) in [7, 11) is 0. The van der Waals surface area contributed by atoms with E-state index >= 15 is 0 Å². The third kappa shape index (κ3) is 2.64. The molecular weight excluding hydrogens is 306 g/mol. The van der Waals surface area contributed by atoms with Crippen LogP contribution in [0.3, 0.4) is 0 Å². The molecule has 0 atom stereocenters. The average Bonchev–Trinajstić information content (AvgIpc) is 2.93. The lowest BCUT2D eigenvalue weighted by molar-refractivity contribution is 0.850. The van der Waals surface area contributed by atoms with E-state index < -0.39 is 0 Å². The van der Waals surface area contributed by atoms with Gasteiger partial charge in [0.25, 0.3) is 0 Å². The molecule has 0 aliphatic heterocycles. The van der Waals surface area contributed by atoms with Crippen LogP contribution >= 0.6 is 11.3 Å². The van der Waals surface area contributed by atoms with Crippen LogP contribution in [0.5, 0.6) is 0 Å². The third-order valence-corrected chi connectivity index (χ3v) is 4.96. The van der Waals surface area contributed by atoms with Crippen LogP contribution in [0.4, 0.5) is 5.82 Å². The predicted octanol–water partition coefficient (Wildman–Crippen LogP) is 3.78. The Balaban J connectivity index is 2.32. The van der Waals surface area contributed by atoms with Crippen molar-refractivity contribution in [2.45, 2.75) is 20.8 Å². The quantitative estimate of drug-likeness (QED) is 0.731. The third-order valence-electron chi connectivity index (χ3n) is 3.87. The molecule has 116 valence electrons. The molecule has 0 aliphatic rings. The molecule has 0 saturated carbocycles. The predicted molar refractivity (Wildman–Crippen MR) is 93.7 cm³/mol. The van der Waals surface area contributed by atoms with E-state index in [9.17, 15) is 5.26 Å². The summed E-state index contributed by atoms with van der Waals surface area (Å²) in [5.74, 6) is 1.58. The first kappa shape index (κ1) is 15.4. The van der Waals surface area contributed by atoms with Crippen molar-refractivity contribution >= 4 is 27.4 Å². The molecule has 0 aromatic carbocycles. The van der Waals surface area contributed by atoms with Crippen LogP contribution in [0.15, 0.2) is 24.5 Å². The Labute approximate surface area is 139 Å². The Bertz CT molecular complexity index is 875. The normalized spacial score (nSPS) is 10.7. The highest BCUT2D eigenvalue weighted by Gasteiger charge is 2.19. The number of hydrogen-bond donors (Lipinski definition) is 0. The lowest BCUT2D eigenvalue weighted by Gasteiger charge is -2.21. The number of aromatic nitrogens is 3. The highest BCUT2D eigenvalue weighted by atomic mass is 32.1. The van der Waals surface area contributed by atoms with Gasteiger partial charge in [-0.05, 0) is 38.5 Å². The van der Waals surface area contributed by atoms with E-state index in [-0.39, 0.29) is 0 Å². The molecule has 0 unspecified atom stereocenters. The number of thiophene rings is 1. The molecule has 0 aliphatic carbocycles. The monoisotopic (exact) mass is 323 g/mol. The van der Waals surface area contributed by atoms with Gasteiger partial charge in [-0.15, -0.1) is 11.3 Å². The van der Waals surface area contributed by atoms with Crippen molar-refractivity contribution < 1.29 is 0 Å². The minimum absolute atomic E-state index is 0.674. The van der Waals surface area contributed by atoms with E-state index in [1.54, 1.807) is 12.4 Å². The fraction of sp³-hybridized carbons (Fsp3) is 0.294. The number of pyridine rings is 1. The molecule has 0 N–H and O–H groups in total. The Morgan fingerprint density at radius 3 is 2.48 bits per heavy atom. The second-order valence-corrected chi connectivity index (χ2v) is 6.13. The molecule has 23 heavy (non-hydrogen) atoms. The first-order valence-electron chi connectivity index (χ1n) is 7.56. The molecule has 3 aromatic rings. The van der Waals surface area contributed by atoms with Gasteiger partial charge >= 0.3 is 0 Å². The molecule has 0 radical (unpaired) electrons. The van der Waals surface area contributed by atoms with Crippen LogP contribution in [0, 0.1) is 18.3 Å². The Morgan fingerprint density at radius 2 is 1.87 bits per heavy atom. The summed E-state index contributed by atoms with van der Waals surface area (Å²) in [6, 6.07) is 6.07. The van der Waals surface area contributed by atoms with Crippen molar-refractivity contribution in [3.8, 4) is 17.5 Å². The van der Waals surface area contributed by atoms with Gasteiger partial charge in [-0.25, -0.2) is 9.97 Å². The SMILES string of the molecule is CCN(CC)c1nc(-c2ccncc2)nc2sc(C#N)c(C)c12. The fourth-order valence-corrected chi connectivity index (χ4v) is 3.58. The van der Waals surface area contributed by atoms with Crippen molar-refractivity contribution in [1.82, 2.24) is 15.0 Å². The zero-order valence-electron chi connectivity index (χ0n) is 13.4. The maximum Gasteiger partial charge on any atom is 0.163 e. The Kier molecular flexibility index (Phi) is 4.22. The standard InChI is InChI=1S/C17H17N5S/c1-4-22(5-2)16-14-11(3)13(10-18)23-17(14)21-15(20-16)12-6-8-19-9-7-12/h6-9H,4-5H2,1-3H3. The number of anilines is 1. The van der Waals surface area contributed by atoms with Gasteiger partial charge in [0.1, 0.15) is 21.6 Å². The summed E-state index contributed by atoms with van der Waals surface area (Å²) in [6.07, 6.45) is 3.47. The molecule has 3 rings (SSSR count). The minimum atomic E-state index is 0.674. The van der Waals surface area contributed by atoms with E-state index in [4.69, 9.17) is 4.98 Å². The summed E-state index contributed by atoms with van der Waals surface area (Å²) in [5.41, 5.74) is 1.90. The molecule has 3 aromatic heterocycles. The van der Waals surface area contributed by atoms with Crippen molar-refractivity contribution in [3.05, 3.63) is 35.0 Å². The van der Waals surface area contributed by atoms with Gasteiger partial charge in [0.2, 0.25) is 0 Å². The molecule has 3 heterocycles. The summed E-state index contributed by atoms with van der Waals surface area (Å²) >= 11 is 1.43.